The van der Waals surface area contributed by atoms with Gasteiger partial charge in [0.05, 0.1) is 0 Å². The number of rotatable bonds is 3. The van der Waals surface area contributed by atoms with E-state index in [1.807, 2.05) is 4.90 Å². The van der Waals surface area contributed by atoms with Gasteiger partial charge in [0.1, 0.15) is 6.04 Å². The molecule has 0 aromatic carbocycles. The van der Waals surface area contributed by atoms with E-state index < -0.39 is 18.1 Å². The molecule has 7 heteroatoms. The zero-order chi connectivity index (χ0) is 15.9. The molecule has 2 saturated carbocycles. The van der Waals surface area contributed by atoms with Crippen LogP contribution in [0.25, 0.3) is 0 Å². The third-order valence-electron chi connectivity index (χ3n) is 4.95. The van der Waals surface area contributed by atoms with E-state index in [-0.39, 0.29) is 24.5 Å². The van der Waals surface area contributed by atoms with Gasteiger partial charge in [-0.15, -0.1) is 0 Å². The van der Waals surface area contributed by atoms with Crippen molar-refractivity contribution in [2.75, 3.05) is 6.54 Å². The molecule has 22 heavy (non-hydrogen) atoms. The molecule has 0 spiro atoms. The molecular weight excluding hydrogens is 297 g/mol. The van der Waals surface area contributed by atoms with Crippen LogP contribution in [-0.4, -0.2) is 52.5 Å². The molecule has 1 saturated heterocycles. The Bertz CT molecular complexity index is 456. The summed E-state index contributed by atoms with van der Waals surface area (Å²) in [4.78, 5) is 26.9. The molecule has 2 amide bonds. The van der Waals surface area contributed by atoms with E-state index in [4.69, 9.17) is 0 Å². The normalized spacial score (nSPS) is 26.5. The second-order valence-corrected chi connectivity index (χ2v) is 6.57. The maximum absolute atomic E-state index is 12.8. The number of carbonyl (C=O) groups is 2. The lowest BCUT2D eigenvalue weighted by atomic mass is 10.1. The summed E-state index contributed by atoms with van der Waals surface area (Å²) in [5, 5.41) is 0. The predicted molar refractivity (Wildman–Crippen MR) is 72.9 cm³/mol. The maximum Gasteiger partial charge on any atom is 0.471 e. The van der Waals surface area contributed by atoms with Crippen LogP contribution >= 0.6 is 0 Å². The van der Waals surface area contributed by atoms with Gasteiger partial charge in [0, 0.05) is 18.6 Å². The lowest BCUT2D eigenvalue weighted by molar-refractivity contribution is -0.187. The minimum atomic E-state index is -4.90. The van der Waals surface area contributed by atoms with Crippen molar-refractivity contribution in [1.29, 1.82) is 0 Å². The van der Waals surface area contributed by atoms with Gasteiger partial charge in [0.25, 0.3) is 0 Å². The Kier molecular flexibility index (Phi) is 4.07. The molecule has 3 rings (SSSR count). The Hall–Kier alpha value is -1.27. The highest BCUT2D eigenvalue weighted by Crippen LogP contribution is 2.37. The largest absolute Gasteiger partial charge is 0.471 e. The highest BCUT2D eigenvalue weighted by atomic mass is 19.4. The number of halogens is 3. The molecule has 1 atom stereocenters. The molecule has 4 nitrogen and oxygen atoms in total. The van der Waals surface area contributed by atoms with Gasteiger partial charge in [-0.1, -0.05) is 12.8 Å². The third kappa shape index (κ3) is 2.94. The molecule has 0 radical (unpaired) electrons. The quantitative estimate of drug-likeness (QED) is 0.802. The first-order valence-electron chi connectivity index (χ1n) is 8.09. The molecule has 0 aromatic heterocycles. The smallest absolute Gasteiger partial charge is 0.335 e. The second-order valence-electron chi connectivity index (χ2n) is 6.57. The van der Waals surface area contributed by atoms with Crippen LogP contribution in [0.4, 0.5) is 13.2 Å². The third-order valence-corrected chi connectivity index (χ3v) is 4.95. The molecule has 2 aliphatic carbocycles. The van der Waals surface area contributed by atoms with Crippen LogP contribution in [0.3, 0.4) is 0 Å². The summed E-state index contributed by atoms with van der Waals surface area (Å²) in [7, 11) is 0. The topological polar surface area (TPSA) is 40.6 Å². The van der Waals surface area contributed by atoms with Gasteiger partial charge in [-0.3, -0.25) is 9.59 Å². The summed E-state index contributed by atoms with van der Waals surface area (Å²) in [6.45, 7) is 0.0257. The highest BCUT2D eigenvalue weighted by Gasteiger charge is 2.50. The number of carbonyl (C=O) groups excluding carboxylic acids is 2. The van der Waals surface area contributed by atoms with Gasteiger partial charge in [-0.2, -0.15) is 13.2 Å². The van der Waals surface area contributed by atoms with Gasteiger partial charge >= 0.3 is 12.1 Å². The van der Waals surface area contributed by atoms with Gasteiger partial charge in [0.2, 0.25) is 5.91 Å². The average molecular weight is 318 g/mol. The second kappa shape index (κ2) is 5.74. The summed E-state index contributed by atoms with van der Waals surface area (Å²) >= 11 is 0. The Balaban J connectivity index is 1.75. The van der Waals surface area contributed by atoms with Crippen molar-refractivity contribution in [3.8, 4) is 0 Å². The number of amides is 2. The van der Waals surface area contributed by atoms with Crippen LogP contribution in [0, 0.1) is 0 Å². The summed E-state index contributed by atoms with van der Waals surface area (Å²) in [6.07, 6.45) is 1.77. The van der Waals surface area contributed by atoms with Crippen molar-refractivity contribution < 1.29 is 22.8 Å². The Morgan fingerprint density at radius 3 is 2.05 bits per heavy atom. The minimum Gasteiger partial charge on any atom is -0.335 e. The molecule has 0 N–H and O–H groups in total. The van der Waals surface area contributed by atoms with Crippen molar-refractivity contribution in [2.45, 2.75) is 75.7 Å². The first-order chi connectivity index (χ1) is 10.4. The number of alkyl halides is 3. The zero-order valence-corrected chi connectivity index (χ0v) is 12.4. The van der Waals surface area contributed by atoms with Crippen LogP contribution in [0.1, 0.15) is 51.4 Å². The van der Waals surface area contributed by atoms with E-state index in [9.17, 15) is 22.8 Å². The molecule has 0 bridgehead atoms. The van der Waals surface area contributed by atoms with Crippen molar-refractivity contribution in [3.05, 3.63) is 0 Å². The van der Waals surface area contributed by atoms with Crippen LogP contribution in [0.15, 0.2) is 0 Å². The van der Waals surface area contributed by atoms with E-state index in [0.29, 0.717) is 12.8 Å². The Morgan fingerprint density at radius 1 is 0.909 bits per heavy atom. The standard InChI is InChI=1S/C15H21F3N2O2/c16-15(17,18)14(22)19-9-3-6-12(19)13(21)20(11-7-8-11)10-4-1-2-5-10/h10-12H,1-9H2. The van der Waals surface area contributed by atoms with E-state index >= 15 is 0 Å². The van der Waals surface area contributed by atoms with Crippen molar-refractivity contribution in [3.63, 3.8) is 0 Å². The van der Waals surface area contributed by atoms with Crippen LogP contribution < -0.4 is 0 Å². The van der Waals surface area contributed by atoms with E-state index in [1.165, 1.54) is 0 Å². The van der Waals surface area contributed by atoms with E-state index in [1.54, 1.807) is 0 Å². The van der Waals surface area contributed by atoms with Gasteiger partial charge in [-0.25, -0.2) is 0 Å². The predicted octanol–water partition coefficient (Wildman–Crippen LogP) is 2.47. The maximum atomic E-state index is 12.8. The molecule has 1 heterocycles. The fourth-order valence-corrected chi connectivity index (χ4v) is 3.79. The summed E-state index contributed by atoms with van der Waals surface area (Å²) in [6, 6.07) is -0.585. The van der Waals surface area contributed by atoms with Crippen LogP contribution in [0.5, 0.6) is 0 Å². The fourth-order valence-electron chi connectivity index (χ4n) is 3.79. The Morgan fingerprint density at radius 2 is 1.50 bits per heavy atom. The molecule has 1 aliphatic heterocycles. The average Bonchev–Trinajstić information content (AvgIpc) is 2.95. The van der Waals surface area contributed by atoms with Crippen molar-refractivity contribution in [1.82, 2.24) is 9.80 Å². The lowest BCUT2D eigenvalue weighted by Crippen LogP contribution is -2.53. The minimum absolute atomic E-state index is 0.0257. The number of hydrogen-bond donors (Lipinski definition) is 0. The van der Waals surface area contributed by atoms with Crippen molar-refractivity contribution in [2.24, 2.45) is 0 Å². The van der Waals surface area contributed by atoms with Gasteiger partial charge in [0.15, 0.2) is 0 Å². The monoisotopic (exact) mass is 318 g/mol. The number of nitrogens with zero attached hydrogens (tertiary/aromatic N) is 2. The molecule has 3 aliphatic rings. The molecule has 1 unspecified atom stereocenters. The van der Waals surface area contributed by atoms with Crippen LogP contribution in [0.2, 0.25) is 0 Å². The van der Waals surface area contributed by atoms with E-state index in [2.05, 4.69) is 0 Å². The lowest BCUT2D eigenvalue weighted by Gasteiger charge is -2.34. The molecular formula is C15H21F3N2O2. The SMILES string of the molecule is O=C(C1CCCN1C(=O)C(F)(F)F)N(C1CCCC1)C1CC1. The molecule has 0 aromatic rings. The summed E-state index contributed by atoms with van der Waals surface area (Å²) < 4.78 is 38.1. The number of likely N-dealkylation sites (tertiary alicyclic amines) is 1. The zero-order valence-electron chi connectivity index (χ0n) is 12.4. The fraction of sp³-hybridized carbons (Fsp3) is 0.867. The van der Waals surface area contributed by atoms with Gasteiger partial charge in [-0.05, 0) is 38.5 Å². The molecule has 124 valence electrons. The summed E-state index contributed by atoms with van der Waals surface area (Å²) in [5.74, 6) is -2.13. The van der Waals surface area contributed by atoms with Gasteiger partial charge < -0.3 is 9.80 Å². The highest BCUT2D eigenvalue weighted by molar-refractivity contribution is 5.90. The van der Waals surface area contributed by atoms with E-state index in [0.717, 1.165) is 43.4 Å². The Labute approximate surface area is 127 Å². The molecule has 3 fully saturated rings. The first kappa shape index (κ1) is 15.6. The van der Waals surface area contributed by atoms with Crippen molar-refractivity contribution >= 4 is 11.8 Å². The first-order valence-corrected chi connectivity index (χ1v) is 8.09. The van der Waals surface area contributed by atoms with Crippen LogP contribution in [-0.2, 0) is 9.59 Å². The number of hydrogen-bond acceptors (Lipinski definition) is 2. The summed E-state index contributed by atoms with van der Waals surface area (Å²) in [5.41, 5.74) is 0.